The van der Waals surface area contributed by atoms with Gasteiger partial charge in [0.15, 0.2) is 5.71 Å². The number of aromatic carboxylic acids is 1. The first-order valence-corrected chi connectivity index (χ1v) is 18.4. The molecular formula is C26H18ClN9Na3O14S3+3. The third-order valence-corrected chi connectivity index (χ3v) is 9.44. The van der Waals surface area contributed by atoms with Gasteiger partial charge in [0.2, 0.25) is 23.2 Å². The predicted octanol–water partition coefficient (Wildman–Crippen LogP) is -6.60. The van der Waals surface area contributed by atoms with Gasteiger partial charge >= 0.3 is 101 Å². The standard InChI is InChI=1S/C26H18ClN9O14S3.3Na/c27-24-30-25(32-26(31-24)29-16-7-6-14(52(45,46)47)10-15(16)22(38)39)28-11-1-8-18(53(48,49)50)17(9-11)33-34-19-20(23(40)41)35-36(21(19)37)12-2-4-13(5-3-12)51(42,43)44;;;/h1-10,19H,(H,38,39)(H,40,41)(H,42,43,44)(H,45,46,47)(H,48,49,50)(H2,28,29,30,31,32);;;/q;3*+1. The van der Waals surface area contributed by atoms with Crippen LogP contribution in [0.15, 0.2) is 90.7 Å². The van der Waals surface area contributed by atoms with E-state index in [1.807, 2.05) is 0 Å². The third kappa shape index (κ3) is 11.8. The molecule has 0 radical (unpaired) electrons. The van der Waals surface area contributed by atoms with Gasteiger partial charge in [0.05, 0.1) is 26.7 Å². The number of aromatic nitrogens is 3. The maximum atomic E-state index is 13.2. The molecule has 56 heavy (non-hydrogen) atoms. The van der Waals surface area contributed by atoms with Crippen molar-refractivity contribution >= 4 is 100 Å². The van der Waals surface area contributed by atoms with Crippen molar-refractivity contribution in [2.24, 2.45) is 15.3 Å². The van der Waals surface area contributed by atoms with Crippen LogP contribution in [0.3, 0.4) is 0 Å². The van der Waals surface area contributed by atoms with Crippen LogP contribution in [0.5, 0.6) is 0 Å². The van der Waals surface area contributed by atoms with Crippen molar-refractivity contribution < 1.29 is 152 Å². The van der Waals surface area contributed by atoms with Crippen LogP contribution in [0.25, 0.3) is 0 Å². The van der Waals surface area contributed by atoms with Gasteiger partial charge in [-0.1, -0.05) is 0 Å². The third-order valence-electron chi connectivity index (χ3n) is 6.66. The molecule has 276 valence electrons. The van der Waals surface area contributed by atoms with Crippen LogP contribution in [0.1, 0.15) is 10.4 Å². The molecule has 5 rings (SSSR count). The van der Waals surface area contributed by atoms with E-state index in [0.29, 0.717) is 11.1 Å². The van der Waals surface area contributed by atoms with Gasteiger partial charge < -0.3 is 20.8 Å². The van der Waals surface area contributed by atoms with E-state index in [1.54, 1.807) is 0 Å². The van der Waals surface area contributed by atoms with Gasteiger partial charge in [-0.3, -0.25) is 18.5 Å². The number of hydrogen-bond acceptors (Lipinski definition) is 17. The number of anilines is 5. The van der Waals surface area contributed by atoms with E-state index in [9.17, 15) is 63.5 Å². The Labute approximate surface area is 386 Å². The molecule has 0 spiro atoms. The number of benzene rings is 3. The summed E-state index contributed by atoms with van der Waals surface area (Å²) >= 11 is 6.00. The van der Waals surface area contributed by atoms with E-state index >= 15 is 0 Å². The Bertz CT molecular complexity index is 2620. The molecule has 0 aliphatic carbocycles. The predicted molar refractivity (Wildman–Crippen MR) is 178 cm³/mol. The molecule has 0 bridgehead atoms. The second-order valence-corrected chi connectivity index (χ2v) is 14.7. The molecule has 3 aromatic carbocycles. The SMILES string of the molecule is O=C(O)C1=NN(c2ccc(S(=O)(=O)O)cc2)C(=O)C1N=Nc1cc(Nc2nc(Cl)nc(Nc3ccc(S(=O)(=O)O)cc3C(=O)O)n2)ccc1S(=O)(=O)O.[Na+].[Na+].[Na+]. The Hall–Kier alpha value is -3.03. The van der Waals surface area contributed by atoms with Crippen molar-refractivity contribution in [3.63, 3.8) is 0 Å². The average molecular weight is 881 g/mol. The molecule has 0 saturated carbocycles. The van der Waals surface area contributed by atoms with Crippen molar-refractivity contribution in [1.82, 2.24) is 15.0 Å². The first-order chi connectivity index (χ1) is 24.6. The molecule has 0 saturated heterocycles. The number of azo groups is 1. The van der Waals surface area contributed by atoms with Gasteiger partial charge in [0.25, 0.3) is 36.3 Å². The fourth-order valence-electron chi connectivity index (χ4n) is 4.35. The van der Waals surface area contributed by atoms with Gasteiger partial charge in [0.1, 0.15) is 10.6 Å². The summed E-state index contributed by atoms with van der Waals surface area (Å²) < 4.78 is 98.1. The van der Waals surface area contributed by atoms with E-state index in [0.717, 1.165) is 54.6 Å². The number of nitrogens with zero attached hydrogens (tertiary/aromatic N) is 7. The number of hydrazone groups is 1. The zero-order valence-corrected chi connectivity index (χ0v) is 37.7. The Morgan fingerprint density at radius 3 is 1.84 bits per heavy atom. The second-order valence-electron chi connectivity index (χ2n) is 10.2. The van der Waals surface area contributed by atoms with Crippen LogP contribution < -0.4 is 104 Å². The van der Waals surface area contributed by atoms with E-state index in [2.05, 4.69) is 40.9 Å². The molecule has 1 aromatic heterocycles. The van der Waals surface area contributed by atoms with Gasteiger partial charge in [0, 0.05) is 5.69 Å². The number of halogens is 1. The van der Waals surface area contributed by atoms with Crippen LogP contribution in [-0.2, 0) is 39.9 Å². The van der Waals surface area contributed by atoms with E-state index in [1.165, 1.54) is 0 Å². The molecule has 1 atom stereocenters. The summed E-state index contributed by atoms with van der Waals surface area (Å²) in [6.07, 6.45) is 0. The first kappa shape index (κ1) is 49.1. The molecule has 1 amide bonds. The van der Waals surface area contributed by atoms with Crippen LogP contribution in [0.4, 0.5) is 34.6 Å². The Morgan fingerprint density at radius 2 is 1.30 bits per heavy atom. The molecule has 1 aliphatic heterocycles. The van der Waals surface area contributed by atoms with Crippen molar-refractivity contribution in [3.05, 3.63) is 71.5 Å². The molecule has 2 heterocycles. The molecule has 4 aromatic rings. The minimum absolute atomic E-state index is 0. The fourth-order valence-corrected chi connectivity index (χ4v) is 6.10. The zero-order chi connectivity index (χ0) is 39.0. The number of carboxylic acids is 2. The second kappa shape index (κ2) is 19.1. The van der Waals surface area contributed by atoms with Crippen molar-refractivity contribution in [2.45, 2.75) is 20.7 Å². The number of carbonyl (C=O) groups is 3. The zero-order valence-electron chi connectivity index (χ0n) is 28.5. The topological polar surface area (TPSA) is 358 Å². The Balaban J connectivity index is 0.00000361. The smallest absolute Gasteiger partial charge is 0.478 e. The van der Waals surface area contributed by atoms with Crippen LogP contribution >= 0.6 is 11.6 Å². The summed E-state index contributed by atoms with van der Waals surface area (Å²) in [6, 6.07) is 7.37. The number of carboxylic acid groups (broad SMARTS) is 2. The molecule has 1 unspecified atom stereocenters. The van der Waals surface area contributed by atoms with Crippen molar-refractivity contribution in [2.75, 3.05) is 15.6 Å². The van der Waals surface area contributed by atoms with Crippen LogP contribution in [-0.4, -0.2) is 93.7 Å². The fraction of sp³-hybridized carbons (Fsp3) is 0.0385. The summed E-state index contributed by atoms with van der Waals surface area (Å²) in [7, 11) is -14.4. The molecule has 30 heteroatoms. The molecule has 1 aliphatic rings. The van der Waals surface area contributed by atoms with Gasteiger partial charge in [-0.05, 0) is 72.3 Å². The molecule has 0 fully saturated rings. The summed E-state index contributed by atoms with van der Waals surface area (Å²) in [4.78, 5) is 46.4. The number of rotatable bonds is 12. The first-order valence-electron chi connectivity index (χ1n) is 13.7. The maximum absolute atomic E-state index is 13.2. The Morgan fingerprint density at radius 1 is 0.732 bits per heavy atom. The minimum atomic E-state index is -5.02. The number of hydrogen-bond donors (Lipinski definition) is 7. The van der Waals surface area contributed by atoms with E-state index in [4.69, 9.17) is 11.6 Å². The normalized spacial score (nSPS) is 14.2. The quantitative estimate of drug-likeness (QED) is 0.0395. The Kier molecular flexibility index (Phi) is 16.8. The maximum Gasteiger partial charge on any atom is 1.00 e. The van der Waals surface area contributed by atoms with Gasteiger partial charge in [-0.2, -0.15) is 60.5 Å². The van der Waals surface area contributed by atoms with Gasteiger partial charge in [-0.15, -0.1) is 0 Å². The van der Waals surface area contributed by atoms with E-state index in [-0.39, 0.29) is 118 Å². The summed E-state index contributed by atoms with van der Waals surface area (Å²) in [5, 5.41) is 35.5. The van der Waals surface area contributed by atoms with Crippen molar-refractivity contribution in [1.29, 1.82) is 0 Å². The average Bonchev–Trinajstić information content (AvgIpc) is 3.38. The van der Waals surface area contributed by atoms with Gasteiger partial charge in [-0.25, -0.2) is 9.59 Å². The van der Waals surface area contributed by atoms with E-state index < -0.39 is 91.2 Å². The number of nitrogens with one attached hydrogen (secondary N) is 2. The number of aliphatic carboxylic acids is 1. The number of carbonyl (C=O) groups excluding carboxylic acids is 1. The summed E-state index contributed by atoms with van der Waals surface area (Å²) in [5.41, 5.74) is -2.58. The minimum Gasteiger partial charge on any atom is -0.478 e. The monoisotopic (exact) mass is 880 g/mol. The summed E-state index contributed by atoms with van der Waals surface area (Å²) in [6.45, 7) is 0. The van der Waals surface area contributed by atoms with Crippen LogP contribution in [0.2, 0.25) is 5.28 Å². The largest absolute Gasteiger partial charge is 1.00 e. The number of amides is 1. The van der Waals surface area contributed by atoms with Crippen LogP contribution in [0, 0.1) is 0 Å². The summed E-state index contributed by atoms with van der Waals surface area (Å²) in [5.74, 6) is -5.19. The van der Waals surface area contributed by atoms with Crippen molar-refractivity contribution in [3.8, 4) is 0 Å². The molecule has 7 N–H and O–H groups in total. The molecule has 23 nitrogen and oxygen atoms in total. The molecular weight excluding hydrogens is 863 g/mol.